The molecule has 0 radical (unpaired) electrons. The van der Waals surface area contributed by atoms with Gasteiger partial charge in [0.2, 0.25) is 0 Å². The minimum atomic E-state index is -3.77. The van der Waals surface area contributed by atoms with Crippen molar-refractivity contribution < 1.29 is 8.42 Å². The van der Waals surface area contributed by atoms with Crippen LogP contribution in [-0.2, 0) is 10.0 Å². The minimum Gasteiger partial charge on any atom is -0.398 e. The molecule has 0 spiro atoms. The first-order valence-corrected chi connectivity index (χ1v) is 8.06. The second-order valence-electron chi connectivity index (χ2n) is 3.98. The highest BCUT2D eigenvalue weighted by Gasteiger charge is 2.17. The maximum Gasteiger partial charge on any atom is 0.263 e. The van der Waals surface area contributed by atoms with Gasteiger partial charge >= 0.3 is 0 Å². The highest BCUT2D eigenvalue weighted by molar-refractivity contribution is 14.1. The second kappa shape index (κ2) is 5.68. The van der Waals surface area contributed by atoms with Gasteiger partial charge in [-0.3, -0.25) is 4.72 Å². The number of anilines is 2. The molecule has 20 heavy (non-hydrogen) atoms. The van der Waals surface area contributed by atoms with E-state index < -0.39 is 10.0 Å². The van der Waals surface area contributed by atoms with E-state index in [1.165, 1.54) is 18.2 Å². The summed E-state index contributed by atoms with van der Waals surface area (Å²) >= 11 is 2.13. The fraction of sp³-hybridized carbons (Fsp3) is 0. The normalized spacial score (nSPS) is 10.8. The van der Waals surface area contributed by atoms with E-state index in [0.717, 1.165) is 3.57 Å². The van der Waals surface area contributed by atoms with Crippen LogP contribution < -0.4 is 10.5 Å². The standard InChI is InChI=1S/C13H10IN3O2S/c14-10-2-4-11(5-3-10)17-20(18,19)13-6-1-9(8-15)7-12(13)16/h1-7,17H,16H2. The van der Waals surface area contributed by atoms with E-state index in [9.17, 15) is 8.42 Å². The number of sulfonamides is 1. The molecular weight excluding hydrogens is 389 g/mol. The van der Waals surface area contributed by atoms with Crippen LogP contribution in [0.4, 0.5) is 11.4 Å². The molecule has 0 amide bonds. The monoisotopic (exact) mass is 399 g/mol. The van der Waals surface area contributed by atoms with E-state index in [4.69, 9.17) is 11.0 Å². The van der Waals surface area contributed by atoms with Crippen LogP contribution in [0.5, 0.6) is 0 Å². The molecule has 0 heterocycles. The average molecular weight is 399 g/mol. The van der Waals surface area contributed by atoms with Gasteiger partial charge < -0.3 is 5.73 Å². The molecule has 7 heteroatoms. The Morgan fingerprint density at radius 3 is 2.35 bits per heavy atom. The molecule has 0 saturated heterocycles. The Kier molecular flexibility index (Phi) is 4.15. The summed E-state index contributed by atoms with van der Waals surface area (Å²) in [5.41, 5.74) is 6.50. The van der Waals surface area contributed by atoms with Gasteiger partial charge in [-0.15, -0.1) is 0 Å². The van der Waals surface area contributed by atoms with Crippen LogP contribution in [0.15, 0.2) is 47.4 Å². The van der Waals surface area contributed by atoms with Gasteiger partial charge in [-0.25, -0.2) is 8.42 Å². The molecule has 0 fully saturated rings. The van der Waals surface area contributed by atoms with Crippen molar-refractivity contribution in [3.63, 3.8) is 0 Å². The van der Waals surface area contributed by atoms with Gasteiger partial charge in [0.05, 0.1) is 17.3 Å². The lowest BCUT2D eigenvalue weighted by molar-refractivity contribution is 0.601. The molecule has 0 aromatic heterocycles. The Morgan fingerprint density at radius 1 is 1.15 bits per heavy atom. The van der Waals surface area contributed by atoms with Gasteiger partial charge in [0.1, 0.15) is 4.90 Å². The third-order valence-corrected chi connectivity index (χ3v) is 4.70. The molecule has 0 aliphatic heterocycles. The van der Waals surface area contributed by atoms with Gasteiger partial charge in [0.15, 0.2) is 0 Å². The number of nitrogens with zero attached hydrogens (tertiary/aromatic N) is 1. The van der Waals surface area contributed by atoms with Crippen LogP contribution in [0.2, 0.25) is 0 Å². The smallest absolute Gasteiger partial charge is 0.263 e. The van der Waals surface area contributed by atoms with Crippen LogP contribution >= 0.6 is 22.6 Å². The van der Waals surface area contributed by atoms with Crippen LogP contribution in [-0.4, -0.2) is 8.42 Å². The van der Waals surface area contributed by atoms with Crippen LogP contribution in [0, 0.1) is 14.9 Å². The van der Waals surface area contributed by atoms with Gasteiger partial charge in [-0.1, -0.05) is 0 Å². The summed E-state index contributed by atoms with van der Waals surface area (Å²) in [7, 11) is -3.77. The molecule has 3 N–H and O–H groups in total. The van der Waals surface area contributed by atoms with Gasteiger partial charge in [-0.05, 0) is 65.1 Å². The molecule has 0 saturated carbocycles. The number of benzene rings is 2. The lowest BCUT2D eigenvalue weighted by Gasteiger charge is -2.10. The Labute approximate surface area is 130 Å². The number of nitrogens with two attached hydrogens (primary N) is 1. The van der Waals surface area contributed by atoms with E-state index in [1.807, 2.05) is 6.07 Å². The second-order valence-corrected chi connectivity index (χ2v) is 6.87. The molecule has 2 rings (SSSR count). The zero-order valence-corrected chi connectivity index (χ0v) is 13.1. The summed E-state index contributed by atoms with van der Waals surface area (Å²) in [6.07, 6.45) is 0. The third kappa shape index (κ3) is 3.20. The molecule has 0 bridgehead atoms. The Bertz CT molecular complexity index is 780. The Morgan fingerprint density at radius 2 is 1.80 bits per heavy atom. The fourth-order valence-corrected chi connectivity index (χ4v) is 3.12. The summed E-state index contributed by atoms with van der Waals surface area (Å²) in [5, 5.41) is 8.75. The predicted molar refractivity (Wildman–Crippen MR) is 85.5 cm³/mol. The van der Waals surface area contributed by atoms with E-state index >= 15 is 0 Å². The highest BCUT2D eigenvalue weighted by Crippen LogP contribution is 2.23. The maximum atomic E-state index is 12.2. The average Bonchev–Trinajstić information content (AvgIpc) is 2.40. The van der Waals surface area contributed by atoms with Crippen molar-refractivity contribution in [2.75, 3.05) is 10.5 Å². The molecule has 2 aromatic rings. The zero-order chi connectivity index (χ0) is 14.8. The summed E-state index contributed by atoms with van der Waals surface area (Å²) in [5.74, 6) is 0. The number of nitriles is 1. The molecule has 0 aliphatic rings. The summed E-state index contributed by atoms with van der Waals surface area (Å²) < 4.78 is 27.9. The quantitative estimate of drug-likeness (QED) is 0.613. The summed E-state index contributed by atoms with van der Waals surface area (Å²) in [6.45, 7) is 0. The molecular formula is C13H10IN3O2S. The Hall–Kier alpha value is -1.79. The summed E-state index contributed by atoms with van der Waals surface area (Å²) in [6, 6.07) is 12.9. The lowest BCUT2D eigenvalue weighted by atomic mass is 10.2. The van der Waals surface area contributed by atoms with E-state index in [1.54, 1.807) is 24.3 Å². The number of hydrogen-bond donors (Lipinski definition) is 2. The van der Waals surface area contributed by atoms with Crippen molar-refractivity contribution >= 4 is 44.0 Å². The molecule has 0 atom stereocenters. The van der Waals surface area contributed by atoms with Crippen molar-refractivity contribution in [3.8, 4) is 6.07 Å². The minimum absolute atomic E-state index is 0.0436. The number of rotatable bonds is 3. The number of nitrogen functional groups attached to an aromatic ring is 1. The first-order valence-electron chi connectivity index (χ1n) is 5.50. The maximum absolute atomic E-state index is 12.2. The SMILES string of the molecule is N#Cc1ccc(S(=O)(=O)Nc2ccc(I)cc2)c(N)c1. The van der Waals surface area contributed by atoms with Gasteiger partial charge in [0, 0.05) is 9.26 Å². The van der Waals surface area contributed by atoms with E-state index in [-0.39, 0.29) is 10.6 Å². The topological polar surface area (TPSA) is 96.0 Å². The van der Waals surface area contributed by atoms with Crippen molar-refractivity contribution in [3.05, 3.63) is 51.6 Å². The van der Waals surface area contributed by atoms with E-state index in [0.29, 0.717) is 11.3 Å². The van der Waals surface area contributed by atoms with Gasteiger partial charge in [0.25, 0.3) is 10.0 Å². The molecule has 0 unspecified atom stereocenters. The first-order chi connectivity index (χ1) is 9.42. The number of hydrogen-bond acceptors (Lipinski definition) is 4. The summed E-state index contributed by atoms with van der Waals surface area (Å²) in [4.78, 5) is -0.0463. The van der Waals surface area contributed by atoms with Crippen LogP contribution in [0.25, 0.3) is 0 Å². The molecule has 5 nitrogen and oxygen atoms in total. The zero-order valence-electron chi connectivity index (χ0n) is 10.2. The molecule has 2 aromatic carbocycles. The van der Waals surface area contributed by atoms with Crippen molar-refractivity contribution in [2.45, 2.75) is 4.90 Å². The highest BCUT2D eigenvalue weighted by atomic mass is 127. The molecule has 0 aliphatic carbocycles. The van der Waals surface area contributed by atoms with Crippen molar-refractivity contribution in [2.24, 2.45) is 0 Å². The van der Waals surface area contributed by atoms with E-state index in [2.05, 4.69) is 27.3 Å². The van der Waals surface area contributed by atoms with Crippen LogP contribution in [0.1, 0.15) is 5.56 Å². The first kappa shape index (κ1) is 14.6. The predicted octanol–water partition coefficient (Wildman–Crippen LogP) is 2.55. The van der Waals surface area contributed by atoms with Crippen molar-refractivity contribution in [1.29, 1.82) is 5.26 Å². The van der Waals surface area contributed by atoms with Crippen LogP contribution in [0.3, 0.4) is 0 Å². The molecule has 102 valence electrons. The largest absolute Gasteiger partial charge is 0.398 e. The van der Waals surface area contributed by atoms with Gasteiger partial charge in [-0.2, -0.15) is 5.26 Å². The third-order valence-electron chi connectivity index (χ3n) is 2.52. The lowest BCUT2D eigenvalue weighted by Crippen LogP contribution is -2.14. The number of nitrogens with one attached hydrogen (secondary N) is 1. The van der Waals surface area contributed by atoms with Crippen molar-refractivity contribution in [1.82, 2.24) is 0 Å². The number of halogens is 1. The Balaban J connectivity index is 2.36. The fourth-order valence-electron chi connectivity index (χ4n) is 1.59.